The Morgan fingerprint density at radius 3 is 2.69 bits per heavy atom. The number of rotatable bonds is 3. The van der Waals surface area contributed by atoms with Crippen LogP contribution in [-0.2, 0) is 12.8 Å². The van der Waals surface area contributed by atoms with Crippen LogP contribution in [-0.4, -0.2) is 46.8 Å². The number of aromatic nitrogens is 2. The third-order valence-electron chi connectivity index (χ3n) is 5.53. The van der Waals surface area contributed by atoms with Crippen LogP contribution in [0.15, 0.2) is 24.3 Å². The van der Waals surface area contributed by atoms with Crippen molar-refractivity contribution >= 4 is 18.3 Å². The number of hydrogen-bond acceptors (Lipinski definition) is 3. The summed E-state index contributed by atoms with van der Waals surface area (Å²) in [4.78, 5) is 15.1. The summed E-state index contributed by atoms with van der Waals surface area (Å²) in [6.07, 6.45) is 5.26. The van der Waals surface area contributed by atoms with Crippen molar-refractivity contribution in [3.63, 3.8) is 0 Å². The maximum Gasteiger partial charge on any atom is 0.274 e. The third kappa shape index (κ3) is 3.38. The first-order chi connectivity index (χ1) is 12.2. The van der Waals surface area contributed by atoms with Crippen LogP contribution in [0.2, 0.25) is 0 Å². The molecule has 1 fully saturated rings. The lowest BCUT2D eigenvalue weighted by Gasteiger charge is -2.32. The number of amides is 1. The highest BCUT2D eigenvalue weighted by atomic mass is 35.5. The first-order valence-electron chi connectivity index (χ1n) is 9.31. The average Bonchev–Trinajstić information content (AvgIpc) is 3.24. The smallest absolute Gasteiger partial charge is 0.274 e. The van der Waals surface area contributed by atoms with E-state index in [1.54, 1.807) is 0 Å². The Kier molecular flexibility index (Phi) is 5.68. The van der Waals surface area contributed by atoms with Crippen molar-refractivity contribution in [3.8, 4) is 5.69 Å². The van der Waals surface area contributed by atoms with E-state index < -0.39 is 0 Å². The van der Waals surface area contributed by atoms with Gasteiger partial charge in [0.25, 0.3) is 5.91 Å². The number of piperidine rings is 1. The maximum atomic E-state index is 13.1. The largest absolute Gasteiger partial charge is 0.336 e. The highest BCUT2D eigenvalue weighted by Gasteiger charge is 2.31. The van der Waals surface area contributed by atoms with E-state index in [2.05, 4.69) is 36.5 Å². The fourth-order valence-corrected chi connectivity index (χ4v) is 4.06. The van der Waals surface area contributed by atoms with E-state index in [-0.39, 0.29) is 18.3 Å². The molecule has 2 heterocycles. The van der Waals surface area contributed by atoms with Crippen LogP contribution in [0, 0.1) is 6.92 Å². The number of nitrogens with zero attached hydrogens (tertiary/aromatic N) is 3. The van der Waals surface area contributed by atoms with Crippen molar-refractivity contribution in [1.82, 2.24) is 20.0 Å². The number of fused-ring (bicyclic) bond motifs is 1. The van der Waals surface area contributed by atoms with Gasteiger partial charge in [-0.1, -0.05) is 17.7 Å². The van der Waals surface area contributed by atoms with E-state index in [1.165, 1.54) is 11.3 Å². The second-order valence-electron chi connectivity index (χ2n) is 7.25. The quantitative estimate of drug-likeness (QED) is 0.898. The predicted octanol–water partition coefficient (Wildman–Crippen LogP) is 2.92. The molecule has 1 amide bonds. The summed E-state index contributed by atoms with van der Waals surface area (Å²) in [6.45, 7) is 3.70. The molecular weight excluding hydrogens is 348 g/mol. The van der Waals surface area contributed by atoms with E-state index >= 15 is 0 Å². The van der Waals surface area contributed by atoms with Crippen LogP contribution < -0.4 is 5.32 Å². The number of likely N-dealkylation sites (N-methyl/N-ethyl adjacent to an activating group) is 1. The Balaban J connectivity index is 0.00000196. The average molecular weight is 375 g/mol. The van der Waals surface area contributed by atoms with Crippen molar-refractivity contribution in [2.45, 2.75) is 45.1 Å². The van der Waals surface area contributed by atoms with E-state index in [4.69, 9.17) is 5.10 Å². The molecule has 4 rings (SSSR count). The third-order valence-corrected chi connectivity index (χ3v) is 5.53. The Morgan fingerprint density at radius 2 is 1.96 bits per heavy atom. The molecule has 6 heteroatoms. The summed E-state index contributed by atoms with van der Waals surface area (Å²) in [6, 6.07) is 8.77. The molecule has 26 heavy (non-hydrogen) atoms. The minimum absolute atomic E-state index is 0. The summed E-state index contributed by atoms with van der Waals surface area (Å²) in [7, 11) is 1.97. The SMILES string of the molecule is CNC1CCCN(C(=O)c2nn(-c3ccc(C)cc3)c3c2CCC3)C1.Cl. The molecule has 1 aliphatic carbocycles. The first kappa shape index (κ1) is 18.9. The van der Waals surface area contributed by atoms with Crippen LogP contribution in [0.3, 0.4) is 0 Å². The van der Waals surface area contributed by atoms with E-state index in [0.29, 0.717) is 11.7 Å². The molecule has 5 nitrogen and oxygen atoms in total. The van der Waals surface area contributed by atoms with Crippen molar-refractivity contribution in [1.29, 1.82) is 0 Å². The number of likely N-dealkylation sites (tertiary alicyclic amines) is 1. The van der Waals surface area contributed by atoms with Crippen molar-refractivity contribution < 1.29 is 4.79 Å². The lowest BCUT2D eigenvalue weighted by molar-refractivity contribution is 0.0690. The molecular formula is C20H27ClN4O. The van der Waals surface area contributed by atoms with Crippen molar-refractivity contribution in [2.24, 2.45) is 0 Å². The fraction of sp³-hybridized carbons (Fsp3) is 0.500. The summed E-state index contributed by atoms with van der Waals surface area (Å²) < 4.78 is 1.99. The lowest BCUT2D eigenvalue weighted by atomic mass is 10.0. The second-order valence-corrected chi connectivity index (χ2v) is 7.25. The van der Waals surface area contributed by atoms with E-state index in [1.807, 2.05) is 16.6 Å². The van der Waals surface area contributed by atoms with Gasteiger partial charge in [0.05, 0.1) is 5.69 Å². The first-order valence-corrected chi connectivity index (χ1v) is 9.31. The second kappa shape index (κ2) is 7.80. The van der Waals surface area contributed by atoms with Gasteiger partial charge in [0.15, 0.2) is 5.69 Å². The zero-order valence-electron chi connectivity index (χ0n) is 15.5. The summed E-state index contributed by atoms with van der Waals surface area (Å²) in [5.74, 6) is 0.101. The molecule has 0 saturated carbocycles. The standard InChI is InChI=1S/C20H26N4O.ClH/c1-14-8-10-16(11-9-14)24-18-7-3-6-17(18)19(22-24)20(25)23-12-4-5-15(13-23)21-2;/h8-11,15,21H,3-7,12-13H2,1-2H3;1H. The van der Waals surface area contributed by atoms with Gasteiger partial charge in [-0.05, 0) is 58.2 Å². The van der Waals surface area contributed by atoms with E-state index in [0.717, 1.165) is 56.4 Å². The molecule has 0 spiro atoms. The lowest BCUT2D eigenvalue weighted by Crippen LogP contribution is -2.47. The molecule has 2 aliphatic rings. The molecule has 140 valence electrons. The Labute approximate surface area is 161 Å². The zero-order chi connectivity index (χ0) is 17.4. The summed E-state index contributed by atoms with van der Waals surface area (Å²) >= 11 is 0. The summed E-state index contributed by atoms with van der Waals surface area (Å²) in [5.41, 5.74) is 5.33. The number of carbonyl (C=O) groups excluding carboxylic acids is 1. The van der Waals surface area contributed by atoms with Crippen molar-refractivity contribution in [3.05, 3.63) is 46.8 Å². The van der Waals surface area contributed by atoms with Crippen LogP contribution in [0.4, 0.5) is 0 Å². The van der Waals surface area contributed by atoms with Gasteiger partial charge in [-0.25, -0.2) is 4.68 Å². The fourth-order valence-electron chi connectivity index (χ4n) is 4.06. The highest BCUT2D eigenvalue weighted by molar-refractivity contribution is 5.94. The van der Waals surface area contributed by atoms with Crippen LogP contribution in [0.1, 0.15) is 46.6 Å². The zero-order valence-corrected chi connectivity index (χ0v) is 16.3. The molecule has 1 N–H and O–H groups in total. The molecule has 0 bridgehead atoms. The Hall–Kier alpha value is -1.85. The van der Waals surface area contributed by atoms with Gasteiger partial charge in [0, 0.05) is 30.4 Å². The van der Waals surface area contributed by atoms with Gasteiger partial charge in [-0.15, -0.1) is 12.4 Å². The molecule has 1 aromatic heterocycles. The van der Waals surface area contributed by atoms with Crippen LogP contribution in [0.5, 0.6) is 0 Å². The topological polar surface area (TPSA) is 50.2 Å². The minimum atomic E-state index is 0. The molecule has 1 aromatic carbocycles. The van der Waals surface area contributed by atoms with Gasteiger partial charge < -0.3 is 10.2 Å². The van der Waals surface area contributed by atoms with Gasteiger partial charge in [0.2, 0.25) is 0 Å². The Bertz CT molecular complexity index is 784. The highest BCUT2D eigenvalue weighted by Crippen LogP contribution is 2.29. The molecule has 1 saturated heterocycles. The molecule has 2 aromatic rings. The number of hydrogen-bond donors (Lipinski definition) is 1. The monoisotopic (exact) mass is 374 g/mol. The molecule has 1 atom stereocenters. The van der Waals surface area contributed by atoms with Crippen LogP contribution >= 0.6 is 12.4 Å². The molecule has 0 radical (unpaired) electrons. The van der Waals surface area contributed by atoms with Gasteiger partial charge in [0.1, 0.15) is 0 Å². The van der Waals surface area contributed by atoms with Crippen molar-refractivity contribution in [2.75, 3.05) is 20.1 Å². The van der Waals surface area contributed by atoms with E-state index in [9.17, 15) is 4.79 Å². The van der Waals surface area contributed by atoms with Gasteiger partial charge >= 0.3 is 0 Å². The normalized spacial score (nSPS) is 19.2. The minimum Gasteiger partial charge on any atom is -0.336 e. The number of halogens is 1. The molecule has 1 unspecified atom stereocenters. The molecule has 1 aliphatic heterocycles. The maximum absolute atomic E-state index is 13.1. The predicted molar refractivity (Wildman–Crippen MR) is 106 cm³/mol. The van der Waals surface area contributed by atoms with Crippen LogP contribution in [0.25, 0.3) is 5.69 Å². The number of benzene rings is 1. The summed E-state index contributed by atoms with van der Waals surface area (Å²) in [5, 5.41) is 8.07. The van der Waals surface area contributed by atoms with Gasteiger partial charge in [-0.2, -0.15) is 5.10 Å². The number of aryl methyl sites for hydroxylation is 1. The number of carbonyl (C=O) groups is 1. The number of nitrogens with one attached hydrogen (secondary N) is 1. The Morgan fingerprint density at radius 1 is 1.19 bits per heavy atom. The van der Waals surface area contributed by atoms with Gasteiger partial charge in [-0.3, -0.25) is 4.79 Å².